The molecular weight excluding hydrogens is 359 g/mol. The lowest BCUT2D eigenvalue weighted by atomic mass is 9.87. The van der Waals surface area contributed by atoms with Gasteiger partial charge in [0.15, 0.2) is 0 Å². The zero-order chi connectivity index (χ0) is 19.8. The lowest BCUT2D eigenvalue weighted by Gasteiger charge is -2.30. The van der Waals surface area contributed by atoms with Gasteiger partial charge < -0.3 is 4.90 Å². The molecule has 3 rings (SSSR count). The fourth-order valence-corrected chi connectivity index (χ4v) is 3.96. The Labute approximate surface area is 165 Å². The van der Waals surface area contributed by atoms with E-state index in [2.05, 4.69) is 0 Å². The Morgan fingerprint density at radius 2 is 1.32 bits per heavy atom. The molecule has 1 nitrogen and oxygen atoms in total. The fraction of sp³-hybridized carbons (Fsp3) is 0.417. The van der Waals surface area contributed by atoms with Gasteiger partial charge in [0.1, 0.15) is 5.70 Å². The van der Waals surface area contributed by atoms with Crippen LogP contribution < -0.4 is 0 Å². The summed E-state index contributed by atoms with van der Waals surface area (Å²) in [6, 6.07) is 18.8. The second-order valence-electron chi connectivity index (χ2n) is 7.65. The van der Waals surface area contributed by atoms with Crippen LogP contribution in [0, 0.1) is 5.92 Å². The molecule has 0 bridgehead atoms. The van der Waals surface area contributed by atoms with Crippen molar-refractivity contribution in [3.8, 4) is 0 Å². The van der Waals surface area contributed by atoms with Crippen molar-refractivity contribution >= 4 is 0 Å². The van der Waals surface area contributed by atoms with Crippen molar-refractivity contribution in [2.75, 3.05) is 0 Å². The minimum absolute atomic E-state index is 0.242. The maximum absolute atomic E-state index is 14.0. The number of benzene rings is 2. The van der Waals surface area contributed by atoms with E-state index in [4.69, 9.17) is 0 Å². The third kappa shape index (κ3) is 6.15. The molecule has 1 aliphatic rings. The third-order valence-electron chi connectivity index (χ3n) is 5.43. The lowest BCUT2D eigenvalue weighted by molar-refractivity contribution is -0.113. The molecule has 0 aliphatic heterocycles. The highest BCUT2D eigenvalue weighted by atomic mass is 19.4. The Kier molecular flexibility index (Phi) is 7.18. The van der Waals surface area contributed by atoms with Crippen molar-refractivity contribution in [3.05, 3.63) is 83.6 Å². The summed E-state index contributed by atoms with van der Waals surface area (Å²) < 4.78 is 42.1. The molecule has 1 fully saturated rings. The predicted molar refractivity (Wildman–Crippen MR) is 107 cm³/mol. The smallest absolute Gasteiger partial charge is 0.359 e. The molecule has 2 aromatic carbocycles. The summed E-state index contributed by atoms with van der Waals surface area (Å²) >= 11 is 0. The van der Waals surface area contributed by atoms with Crippen molar-refractivity contribution in [1.29, 1.82) is 0 Å². The molecule has 0 unspecified atom stereocenters. The van der Waals surface area contributed by atoms with Gasteiger partial charge in [-0.15, -0.1) is 0 Å². The largest absolute Gasteiger partial charge is 0.430 e. The van der Waals surface area contributed by atoms with E-state index in [-0.39, 0.29) is 13.1 Å². The van der Waals surface area contributed by atoms with Gasteiger partial charge in [-0.2, -0.15) is 13.2 Å². The second kappa shape index (κ2) is 9.81. The number of halogens is 3. The summed E-state index contributed by atoms with van der Waals surface area (Å²) in [6.07, 6.45) is 3.16. The maximum Gasteiger partial charge on any atom is 0.430 e. The molecule has 0 atom stereocenters. The third-order valence-corrected chi connectivity index (χ3v) is 5.43. The average Bonchev–Trinajstić information content (AvgIpc) is 2.69. The summed E-state index contributed by atoms with van der Waals surface area (Å²) in [7, 11) is 0. The Bertz CT molecular complexity index is 690. The molecular formula is C24H28F3N. The topological polar surface area (TPSA) is 3.24 Å². The van der Waals surface area contributed by atoms with E-state index >= 15 is 0 Å². The van der Waals surface area contributed by atoms with E-state index in [9.17, 15) is 13.2 Å². The molecule has 150 valence electrons. The van der Waals surface area contributed by atoms with E-state index in [0.717, 1.165) is 36.8 Å². The zero-order valence-corrected chi connectivity index (χ0v) is 16.2. The van der Waals surface area contributed by atoms with Crippen LogP contribution in [0.25, 0.3) is 0 Å². The molecule has 1 aliphatic carbocycles. The van der Waals surface area contributed by atoms with E-state index in [1.165, 1.54) is 17.4 Å². The maximum atomic E-state index is 14.0. The molecule has 0 amide bonds. The second-order valence-corrected chi connectivity index (χ2v) is 7.65. The van der Waals surface area contributed by atoms with E-state index in [1.54, 1.807) is 0 Å². The van der Waals surface area contributed by atoms with Gasteiger partial charge in [-0.25, -0.2) is 0 Å². The Morgan fingerprint density at radius 1 is 0.821 bits per heavy atom. The average molecular weight is 387 g/mol. The van der Waals surface area contributed by atoms with E-state index in [1.807, 2.05) is 60.7 Å². The number of hydrogen-bond donors (Lipinski definition) is 0. The number of alkyl halides is 3. The van der Waals surface area contributed by atoms with Crippen LogP contribution in [0.5, 0.6) is 0 Å². The highest BCUT2D eigenvalue weighted by molar-refractivity contribution is 5.21. The van der Waals surface area contributed by atoms with Gasteiger partial charge in [0, 0.05) is 13.1 Å². The SMILES string of the molecule is FC(F)(F)/C(=C/CC1CCCCC1)N(Cc1ccccc1)Cc1ccccc1. The van der Waals surface area contributed by atoms with Crippen LogP contribution in [-0.2, 0) is 13.1 Å². The van der Waals surface area contributed by atoms with Gasteiger partial charge >= 0.3 is 6.18 Å². The van der Waals surface area contributed by atoms with Gasteiger partial charge in [0.25, 0.3) is 0 Å². The molecule has 0 saturated heterocycles. The number of hydrogen-bond acceptors (Lipinski definition) is 1. The Balaban J connectivity index is 1.85. The van der Waals surface area contributed by atoms with Gasteiger partial charge in [0.2, 0.25) is 0 Å². The molecule has 1 saturated carbocycles. The highest BCUT2D eigenvalue weighted by Gasteiger charge is 2.37. The molecule has 4 heteroatoms. The van der Waals surface area contributed by atoms with Crippen LogP contribution in [0.1, 0.15) is 49.7 Å². The molecule has 0 spiro atoms. The first-order chi connectivity index (χ1) is 13.5. The summed E-state index contributed by atoms with van der Waals surface area (Å²) in [5.41, 5.74) is 1.25. The molecule has 2 aromatic rings. The molecule has 0 radical (unpaired) electrons. The van der Waals surface area contributed by atoms with E-state index < -0.39 is 11.9 Å². The number of allylic oxidation sites excluding steroid dienone is 2. The van der Waals surface area contributed by atoms with Crippen LogP contribution in [0.2, 0.25) is 0 Å². The quantitative estimate of drug-likeness (QED) is 0.489. The monoisotopic (exact) mass is 387 g/mol. The first-order valence-electron chi connectivity index (χ1n) is 10.1. The van der Waals surface area contributed by atoms with Crippen LogP contribution in [0.4, 0.5) is 13.2 Å². The van der Waals surface area contributed by atoms with Crippen LogP contribution >= 0.6 is 0 Å². The van der Waals surface area contributed by atoms with E-state index in [0.29, 0.717) is 12.3 Å². The first-order valence-corrected chi connectivity index (χ1v) is 10.1. The van der Waals surface area contributed by atoms with Gasteiger partial charge in [0.05, 0.1) is 0 Å². The van der Waals surface area contributed by atoms with Crippen LogP contribution in [0.3, 0.4) is 0 Å². The van der Waals surface area contributed by atoms with Crippen LogP contribution in [-0.4, -0.2) is 11.1 Å². The predicted octanol–water partition coefficient (Wildman–Crippen LogP) is 7.11. The first kappa shape index (κ1) is 20.5. The normalized spacial score (nSPS) is 16.2. The molecule has 28 heavy (non-hydrogen) atoms. The van der Waals surface area contributed by atoms with Crippen molar-refractivity contribution < 1.29 is 13.2 Å². The van der Waals surface area contributed by atoms with Crippen molar-refractivity contribution in [2.45, 2.75) is 57.8 Å². The molecule has 0 heterocycles. The summed E-state index contributed by atoms with van der Waals surface area (Å²) in [6.45, 7) is 0.484. The minimum Gasteiger partial charge on any atom is -0.359 e. The van der Waals surface area contributed by atoms with Crippen LogP contribution in [0.15, 0.2) is 72.4 Å². The van der Waals surface area contributed by atoms with Gasteiger partial charge in [-0.3, -0.25) is 0 Å². The van der Waals surface area contributed by atoms with Gasteiger partial charge in [-0.05, 0) is 23.5 Å². The summed E-state index contributed by atoms with van der Waals surface area (Å²) in [5, 5.41) is 0. The standard InChI is InChI=1S/C24H28F3N/c25-24(26,27)23(17-16-20-10-4-1-5-11-20)28(18-21-12-6-2-7-13-21)19-22-14-8-3-9-15-22/h2-3,6-9,12-15,17,20H,1,4-5,10-11,16,18-19H2/b23-17-. The number of nitrogens with zero attached hydrogens (tertiary/aromatic N) is 1. The van der Waals surface area contributed by atoms with Crippen molar-refractivity contribution in [1.82, 2.24) is 4.90 Å². The summed E-state index contributed by atoms with van der Waals surface area (Å²) in [4.78, 5) is 1.48. The molecule has 0 N–H and O–H groups in total. The van der Waals surface area contributed by atoms with Gasteiger partial charge in [-0.1, -0.05) is 98.8 Å². The van der Waals surface area contributed by atoms with Crippen molar-refractivity contribution in [3.63, 3.8) is 0 Å². The highest BCUT2D eigenvalue weighted by Crippen LogP contribution is 2.34. The Hall–Kier alpha value is -2.23. The minimum atomic E-state index is -4.36. The fourth-order valence-electron chi connectivity index (χ4n) is 3.96. The zero-order valence-electron chi connectivity index (χ0n) is 16.2. The summed E-state index contributed by atoms with van der Waals surface area (Å²) in [5.74, 6) is 0.376. The lowest BCUT2D eigenvalue weighted by Crippen LogP contribution is -2.31. The Morgan fingerprint density at radius 3 is 1.79 bits per heavy atom. The number of rotatable bonds is 7. The van der Waals surface area contributed by atoms with Crippen molar-refractivity contribution in [2.24, 2.45) is 5.92 Å². The molecule has 0 aromatic heterocycles.